The largest absolute Gasteiger partial charge is 0.461 e. The number of guanidine groups is 1. The lowest BCUT2D eigenvalue weighted by molar-refractivity contribution is 0.111. The van der Waals surface area contributed by atoms with Crippen LogP contribution in [-0.2, 0) is 11.2 Å². The average Bonchev–Trinajstić information content (AvgIpc) is 3.39. The maximum atomic E-state index is 11.5. The SMILES string of the molecule is CN=C(NCCc1nc(-c2ccco2)n[nH]1)NC1CCN(C(=O)OC)CC1.I. The molecule has 3 heterocycles. The van der Waals surface area contributed by atoms with Crippen molar-refractivity contribution < 1.29 is 13.9 Å². The van der Waals surface area contributed by atoms with E-state index in [-0.39, 0.29) is 36.1 Å². The highest BCUT2D eigenvalue weighted by Gasteiger charge is 2.23. The molecule has 1 aliphatic heterocycles. The first-order valence-electron chi connectivity index (χ1n) is 8.95. The number of hydrogen-bond acceptors (Lipinski definition) is 6. The molecule has 10 nitrogen and oxygen atoms in total. The third-order valence-corrected chi connectivity index (χ3v) is 4.42. The molecular formula is C17H26IN7O3. The third kappa shape index (κ3) is 5.84. The first kappa shape index (κ1) is 22.0. The van der Waals surface area contributed by atoms with E-state index in [4.69, 9.17) is 9.15 Å². The number of ether oxygens (including phenoxy) is 1. The fraction of sp³-hybridized carbons (Fsp3) is 0.529. The van der Waals surface area contributed by atoms with Crippen LogP contribution in [0.15, 0.2) is 27.8 Å². The second-order valence-electron chi connectivity index (χ2n) is 6.21. The number of furan rings is 1. The van der Waals surface area contributed by atoms with Gasteiger partial charge in [-0.3, -0.25) is 10.1 Å². The number of carbonyl (C=O) groups is 1. The standard InChI is InChI=1S/C17H25N7O3.HI/c1-18-16(20-12-6-9-24(10-7-12)17(25)26-2)19-8-5-14-21-15(23-22-14)13-4-3-11-27-13;/h3-4,11-12H,5-10H2,1-2H3,(H2,18,19,20)(H,21,22,23);1H. The van der Waals surface area contributed by atoms with Crippen LogP contribution < -0.4 is 10.6 Å². The van der Waals surface area contributed by atoms with Gasteiger partial charge in [0.2, 0.25) is 5.82 Å². The molecule has 1 fully saturated rings. The minimum absolute atomic E-state index is 0. The van der Waals surface area contributed by atoms with Crippen LogP contribution in [0.1, 0.15) is 18.7 Å². The Balaban J connectivity index is 0.00000280. The van der Waals surface area contributed by atoms with Crippen LogP contribution in [0.2, 0.25) is 0 Å². The molecule has 3 N–H and O–H groups in total. The summed E-state index contributed by atoms with van der Waals surface area (Å²) in [6, 6.07) is 3.90. The summed E-state index contributed by atoms with van der Waals surface area (Å²) in [7, 11) is 3.15. The van der Waals surface area contributed by atoms with E-state index in [1.165, 1.54) is 7.11 Å². The van der Waals surface area contributed by atoms with Gasteiger partial charge in [0.05, 0.1) is 13.4 Å². The number of aliphatic imine (C=N–C) groups is 1. The van der Waals surface area contributed by atoms with Gasteiger partial charge in [0, 0.05) is 39.1 Å². The summed E-state index contributed by atoms with van der Waals surface area (Å²) in [5.74, 6) is 2.70. The lowest BCUT2D eigenvalue weighted by atomic mass is 10.1. The van der Waals surface area contributed by atoms with Crippen LogP contribution in [0.4, 0.5) is 4.79 Å². The van der Waals surface area contributed by atoms with Crippen molar-refractivity contribution in [1.29, 1.82) is 0 Å². The van der Waals surface area contributed by atoms with Crippen LogP contribution in [0.3, 0.4) is 0 Å². The Bertz CT molecular complexity index is 755. The predicted octanol–water partition coefficient (Wildman–Crippen LogP) is 1.62. The van der Waals surface area contributed by atoms with Gasteiger partial charge in [0.1, 0.15) is 5.82 Å². The molecule has 0 bridgehead atoms. The van der Waals surface area contributed by atoms with E-state index < -0.39 is 0 Å². The lowest BCUT2D eigenvalue weighted by Gasteiger charge is -2.32. The van der Waals surface area contributed by atoms with E-state index in [1.54, 1.807) is 24.3 Å². The molecule has 154 valence electrons. The summed E-state index contributed by atoms with van der Waals surface area (Å²) in [4.78, 5) is 21.9. The third-order valence-electron chi connectivity index (χ3n) is 4.42. The maximum absolute atomic E-state index is 11.5. The molecule has 2 aromatic rings. The fourth-order valence-electron chi connectivity index (χ4n) is 2.95. The highest BCUT2D eigenvalue weighted by Crippen LogP contribution is 2.14. The van der Waals surface area contributed by atoms with Gasteiger partial charge in [-0.25, -0.2) is 9.78 Å². The van der Waals surface area contributed by atoms with Crippen molar-refractivity contribution in [3.8, 4) is 11.6 Å². The first-order valence-corrected chi connectivity index (χ1v) is 8.95. The summed E-state index contributed by atoms with van der Waals surface area (Å²) in [6.45, 7) is 2.01. The molecule has 3 rings (SSSR count). The number of aromatic nitrogens is 3. The highest BCUT2D eigenvalue weighted by molar-refractivity contribution is 14.0. The zero-order valence-corrected chi connectivity index (χ0v) is 18.3. The molecule has 0 aliphatic carbocycles. The predicted molar refractivity (Wildman–Crippen MR) is 115 cm³/mol. The number of amides is 1. The molecule has 0 atom stereocenters. The number of likely N-dealkylation sites (tertiary alicyclic amines) is 1. The molecule has 1 saturated heterocycles. The summed E-state index contributed by atoms with van der Waals surface area (Å²) < 4.78 is 10.0. The number of halogens is 1. The summed E-state index contributed by atoms with van der Waals surface area (Å²) in [6.07, 6.45) is 3.71. The van der Waals surface area contributed by atoms with Gasteiger partial charge in [0.15, 0.2) is 11.7 Å². The molecule has 0 spiro atoms. The average molecular weight is 503 g/mol. The van der Waals surface area contributed by atoms with Crippen molar-refractivity contribution in [2.75, 3.05) is 33.8 Å². The van der Waals surface area contributed by atoms with Crippen molar-refractivity contribution >= 4 is 36.0 Å². The van der Waals surface area contributed by atoms with Gasteiger partial charge in [-0.05, 0) is 25.0 Å². The zero-order chi connectivity index (χ0) is 19.1. The Kier molecular flexibility index (Phi) is 8.54. The molecular weight excluding hydrogens is 477 g/mol. The molecule has 0 aromatic carbocycles. The number of nitrogens with zero attached hydrogens (tertiary/aromatic N) is 4. The number of methoxy groups -OCH3 is 1. The Morgan fingerprint density at radius 1 is 1.46 bits per heavy atom. The molecule has 11 heteroatoms. The van der Waals surface area contributed by atoms with Crippen LogP contribution in [-0.4, -0.2) is 72.0 Å². The second-order valence-corrected chi connectivity index (χ2v) is 6.21. The molecule has 1 amide bonds. The van der Waals surface area contributed by atoms with Gasteiger partial charge in [-0.15, -0.1) is 24.0 Å². The van der Waals surface area contributed by atoms with E-state index in [0.717, 1.165) is 24.6 Å². The van der Waals surface area contributed by atoms with Gasteiger partial charge in [-0.1, -0.05) is 0 Å². The number of hydrogen-bond donors (Lipinski definition) is 3. The van der Waals surface area contributed by atoms with Crippen molar-refractivity contribution in [1.82, 2.24) is 30.7 Å². The van der Waals surface area contributed by atoms with Crippen LogP contribution in [0.5, 0.6) is 0 Å². The minimum atomic E-state index is -0.267. The lowest BCUT2D eigenvalue weighted by Crippen LogP contribution is -2.50. The topological polar surface area (TPSA) is 121 Å². The molecule has 1 aliphatic rings. The number of rotatable bonds is 5. The number of carbonyl (C=O) groups excluding carboxylic acids is 1. The van der Waals surface area contributed by atoms with E-state index in [1.807, 2.05) is 6.07 Å². The molecule has 0 radical (unpaired) electrons. The number of nitrogens with one attached hydrogen (secondary N) is 3. The maximum Gasteiger partial charge on any atom is 0.409 e. The summed E-state index contributed by atoms with van der Waals surface area (Å²) >= 11 is 0. The van der Waals surface area contributed by atoms with Crippen molar-refractivity contribution in [3.63, 3.8) is 0 Å². The Hall–Kier alpha value is -2.31. The van der Waals surface area contributed by atoms with E-state index in [2.05, 4.69) is 30.8 Å². The minimum Gasteiger partial charge on any atom is -0.461 e. The summed E-state index contributed by atoms with van der Waals surface area (Å²) in [5, 5.41) is 13.7. The monoisotopic (exact) mass is 503 g/mol. The van der Waals surface area contributed by atoms with Crippen molar-refractivity contribution in [2.45, 2.75) is 25.3 Å². The van der Waals surface area contributed by atoms with Crippen LogP contribution in [0, 0.1) is 0 Å². The van der Waals surface area contributed by atoms with Gasteiger partial charge >= 0.3 is 6.09 Å². The summed E-state index contributed by atoms with van der Waals surface area (Å²) in [5.41, 5.74) is 0. The number of H-pyrrole nitrogens is 1. The number of aromatic amines is 1. The van der Waals surface area contributed by atoms with Gasteiger partial charge in [-0.2, -0.15) is 5.10 Å². The van der Waals surface area contributed by atoms with Crippen molar-refractivity contribution in [2.24, 2.45) is 4.99 Å². The normalized spacial score (nSPS) is 15.1. The molecule has 0 unspecified atom stereocenters. The second kappa shape index (κ2) is 10.9. The van der Waals surface area contributed by atoms with Gasteiger partial charge < -0.3 is 24.7 Å². The fourth-order valence-corrected chi connectivity index (χ4v) is 2.95. The Labute approximate surface area is 180 Å². The highest BCUT2D eigenvalue weighted by atomic mass is 127. The molecule has 2 aromatic heterocycles. The Morgan fingerprint density at radius 2 is 2.25 bits per heavy atom. The van der Waals surface area contributed by atoms with E-state index in [0.29, 0.717) is 37.6 Å². The zero-order valence-electron chi connectivity index (χ0n) is 16.0. The van der Waals surface area contributed by atoms with Crippen molar-refractivity contribution in [3.05, 3.63) is 24.2 Å². The van der Waals surface area contributed by atoms with Gasteiger partial charge in [0.25, 0.3) is 0 Å². The quantitative estimate of drug-likeness (QED) is 0.322. The Morgan fingerprint density at radius 3 is 2.89 bits per heavy atom. The molecule has 0 saturated carbocycles. The smallest absolute Gasteiger partial charge is 0.409 e. The first-order chi connectivity index (χ1) is 13.2. The number of piperidine rings is 1. The van der Waals surface area contributed by atoms with Crippen LogP contribution >= 0.6 is 24.0 Å². The van der Waals surface area contributed by atoms with E-state index in [9.17, 15) is 4.79 Å². The van der Waals surface area contributed by atoms with Crippen LogP contribution in [0.25, 0.3) is 11.6 Å². The molecule has 28 heavy (non-hydrogen) atoms. The van der Waals surface area contributed by atoms with E-state index >= 15 is 0 Å².